The Morgan fingerprint density at radius 3 is 2.10 bits per heavy atom. The van der Waals surface area contributed by atoms with Gasteiger partial charge in [-0.2, -0.15) is 0 Å². The zero-order chi connectivity index (χ0) is 15.4. The lowest BCUT2D eigenvalue weighted by Gasteiger charge is -2.34. The van der Waals surface area contributed by atoms with Gasteiger partial charge in [0, 0.05) is 12.6 Å². The topological polar surface area (TPSA) is 23.5 Å². The molecule has 1 N–H and O–H groups in total. The van der Waals surface area contributed by atoms with Crippen molar-refractivity contribution in [2.75, 3.05) is 13.6 Å². The van der Waals surface area contributed by atoms with Gasteiger partial charge in [-0.1, -0.05) is 45.0 Å². The molecule has 0 amide bonds. The van der Waals surface area contributed by atoms with Gasteiger partial charge in [-0.15, -0.1) is 0 Å². The van der Waals surface area contributed by atoms with E-state index in [1.54, 1.807) is 0 Å². The van der Waals surface area contributed by atoms with E-state index in [9.17, 15) is 5.11 Å². The van der Waals surface area contributed by atoms with Gasteiger partial charge < -0.3 is 10.0 Å². The Morgan fingerprint density at radius 1 is 1.05 bits per heavy atom. The van der Waals surface area contributed by atoms with E-state index in [0.717, 1.165) is 18.0 Å². The van der Waals surface area contributed by atoms with Crippen LogP contribution >= 0.6 is 0 Å². The summed E-state index contributed by atoms with van der Waals surface area (Å²) in [7, 11) is 2.16. The van der Waals surface area contributed by atoms with E-state index in [2.05, 4.69) is 57.0 Å². The Bertz CT molecular complexity index is 418. The van der Waals surface area contributed by atoms with Gasteiger partial charge in [-0.05, 0) is 55.7 Å². The highest BCUT2D eigenvalue weighted by Crippen LogP contribution is 2.27. The fourth-order valence-electron chi connectivity index (χ4n) is 3.31. The van der Waals surface area contributed by atoms with Crippen molar-refractivity contribution in [2.24, 2.45) is 5.92 Å². The lowest BCUT2D eigenvalue weighted by Crippen LogP contribution is -2.37. The van der Waals surface area contributed by atoms with Gasteiger partial charge in [-0.25, -0.2) is 0 Å². The molecule has 1 aliphatic rings. The Kier molecular flexibility index (Phi) is 5.83. The molecule has 2 rings (SSSR count). The number of hydrogen-bond donors (Lipinski definition) is 1. The lowest BCUT2D eigenvalue weighted by atomic mass is 9.86. The molecule has 1 aromatic rings. The standard InChI is InChI=1S/C19H31NO/c1-14(2)16-7-9-17(10-8-16)19(21)13-20(4)18-11-5-15(3)6-12-18/h7-10,14-15,18-19,21H,5-6,11-13H2,1-4H3. The summed E-state index contributed by atoms with van der Waals surface area (Å²) in [4.78, 5) is 2.35. The molecule has 1 saturated carbocycles. The van der Waals surface area contributed by atoms with Crippen molar-refractivity contribution in [1.29, 1.82) is 0 Å². The number of benzene rings is 1. The predicted molar refractivity (Wildman–Crippen MR) is 89.5 cm³/mol. The van der Waals surface area contributed by atoms with E-state index in [0.29, 0.717) is 12.0 Å². The van der Waals surface area contributed by atoms with E-state index in [1.807, 2.05) is 0 Å². The van der Waals surface area contributed by atoms with Crippen molar-refractivity contribution in [3.63, 3.8) is 0 Å². The molecule has 1 unspecified atom stereocenters. The summed E-state index contributed by atoms with van der Waals surface area (Å²) in [6.07, 6.45) is 4.82. The van der Waals surface area contributed by atoms with Crippen LogP contribution in [0.2, 0.25) is 0 Å². The number of aliphatic hydroxyl groups excluding tert-OH is 1. The van der Waals surface area contributed by atoms with Crippen LogP contribution in [0.25, 0.3) is 0 Å². The lowest BCUT2D eigenvalue weighted by molar-refractivity contribution is 0.0857. The summed E-state index contributed by atoms with van der Waals surface area (Å²) >= 11 is 0. The van der Waals surface area contributed by atoms with Crippen LogP contribution < -0.4 is 0 Å². The summed E-state index contributed by atoms with van der Waals surface area (Å²) < 4.78 is 0. The SMILES string of the molecule is CC1CCC(N(C)CC(O)c2ccc(C(C)C)cc2)CC1. The molecule has 0 radical (unpaired) electrons. The van der Waals surface area contributed by atoms with Gasteiger partial charge in [0.2, 0.25) is 0 Å². The minimum atomic E-state index is -0.379. The second-order valence-electron chi connectivity index (χ2n) is 7.19. The number of aliphatic hydroxyl groups is 1. The van der Waals surface area contributed by atoms with Crippen LogP contribution in [0.3, 0.4) is 0 Å². The molecule has 0 aliphatic heterocycles. The molecule has 2 nitrogen and oxygen atoms in total. The first-order valence-electron chi connectivity index (χ1n) is 8.45. The Balaban J connectivity index is 1.89. The Hall–Kier alpha value is -0.860. The van der Waals surface area contributed by atoms with Crippen LogP contribution in [0.1, 0.15) is 69.6 Å². The Labute approximate surface area is 130 Å². The zero-order valence-electron chi connectivity index (χ0n) is 14.0. The second kappa shape index (κ2) is 7.42. The van der Waals surface area contributed by atoms with Gasteiger partial charge in [-0.3, -0.25) is 0 Å². The van der Waals surface area contributed by atoms with Crippen LogP contribution in [0.15, 0.2) is 24.3 Å². The molecule has 0 spiro atoms. The molecular weight excluding hydrogens is 258 g/mol. The fraction of sp³-hybridized carbons (Fsp3) is 0.684. The normalized spacial score (nSPS) is 24.5. The average molecular weight is 289 g/mol. The van der Waals surface area contributed by atoms with Crippen molar-refractivity contribution in [1.82, 2.24) is 4.90 Å². The number of likely N-dealkylation sites (N-methyl/N-ethyl adjacent to an activating group) is 1. The maximum Gasteiger partial charge on any atom is 0.0916 e. The van der Waals surface area contributed by atoms with Crippen molar-refractivity contribution in [3.05, 3.63) is 35.4 Å². The molecule has 0 aromatic heterocycles. The van der Waals surface area contributed by atoms with Crippen LogP contribution in [-0.2, 0) is 0 Å². The maximum atomic E-state index is 10.5. The summed E-state index contributed by atoms with van der Waals surface area (Å²) in [6.45, 7) is 7.48. The number of hydrogen-bond acceptors (Lipinski definition) is 2. The summed E-state index contributed by atoms with van der Waals surface area (Å²) in [5.74, 6) is 1.42. The summed E-state index contributed by atoms with van der Waals surface area (Å²) in [5.41, 5.74) is 2.37. The van der Waals surface area contributed by atoms with Gasteiger partial charge in [0.1, 0.15) is 0 Å². The van der Waals surface area contributed by atoms with E-state index in [4.69, 9.17) is 0 Å². The first-order chi connectivity index (χ1) is 9.97. The summed E-state index contributed by atoms with van der Waals surface area (Å²) in [5, 5.41) is 10.5. The third-order valence-electron chi connectivity index (χ3n) is 5.06. The quantitative estimate of drug-likeness (QED) is 0.871. The average Bonchev–Trinajstić information content (AvgIpc) is 2.47. The number of rotatable bonds is 5. The van der Waals surface area contributed by atoms with Crippen molar-refractivity contribution >= 4 is 0 Å². The van der Waals surface area contributed by atoms with Gasteiger partial charge in [0.15, 0.2) is 0 Å². The monoisotopic (exact) mass is 289 g/mol. The molecule has 1 atom stereocenters. The zero-order valence-corrected chi connectivity index (χ0v) is 14.0. The van der Waals surface area contributed by atoms with Crippen molar-refractivity contribution in [3.8, 4) is 0 Å². The maximum absolute atomic E-state index is 10.5. The van der Waals surface area contributed by atoms with Crippen LogP contribution in [-0.4, -0.2) is 29.6 Å². The molecule has 118 valence electrons. The third kappa shape index (κ3) is 4.55. The second-order valence-corrected chi connectivity index (χ2v) is 7.19. The molecule has 1 fully saturated rings. The van der Waals surface area contributed by atoms with E-state index in [-0.39, 0.29) is 6.10 Å². The molecule has 0 saturated heterocycles. The molecule has 0 bridgehead atoms. The first kappa shape index (κ1) is 16.5. The van der Waals surface area contributed by atoms with Crippen molar-refractivity contribution in [2.45, 2.75) is 64.5 Å². The van der Waals surface area contributed by atoms with Gasteiger partial charge >= 0.3 is 0 Å². The highest BCUT2D eigenvalue weighted by molar-refractivity contribution is 5.26. The summed E-state index contributed by atoms with van der Waals surface area (Å²) in [6, 6.07) is 9.09. The Morgan fingerprint density at radius 2 is 1.57 bits per heavy atom. The molecule has 21 heavy (non-hydrogen) atoms. The minimum absolute atomic E-state index is 0.379. The molecule has 2 heteroatoms. The smallest absolute Gasteiger partial charge is 0.0916 e. The first-order valence-corrected chi connectivity index (χ1v) is 8.45. The molecule has 1 aliphatic carbocycles. The van der Waals surface area contributed by atoms with Crippen LogP contribution in [0.5, 0.6) is 0 Å². The van der Waals surface area contributed by atoms with Crippen LogP contribution in [0, 0.1) is 5.92 Å². The van der Waals surface area contributed by atoms with E-state index in [1.165, 1.54) is 31.2 Å². The predicted octanol–water partition coefficient (Wildman–Crippen LogP) is 4.35. The highest BCUT2D eigenvalue weighted by Gasteiger charge is 2.23. The van der Waals surface area contributed by atoms with Crippen molar-refractivity contribution < 1.29 is 5.11 Å². The van der Waals surface area contributed by atoms with E-state index < -0.39 is 0 Å². The molecule has 0 heterocycles. The van der Waals surface area contributed by atoms with Crippen LogP contribution in [0.4, 0.5) is 0 Å². The fourth-order valence-corrected chi connectivity index (χ4v) is 3.31. The molecular formula is C19H31NO. The minimum Gasteiger partial charge on any atom is -0.387 e. The largest absolute Gasteiger partial charge is 0.387 e. The van der Waals surface area contributed by atoms with Gasteiger partial charge in [0.05, 0.1) is 6.10 Å². The highest BCUT2D eigenvalue weighted by atomic mass is 16.3. The number of nitrogens with zero attached hydrogens (tertiary/aromatic N) is 1. The van der Waals surface area contributed by atoms with Gasteiger partial charge in [0.25, 0.3) is 0 Å². The third-order valence-corrected chi connectivity index (χ3v) is 5.06. The molecule has 1 aromatic carbocycles. The van der Waals surface area contributed by atoms with E-state index >= 15 is 0 Å².